The topological polar surface area (TPSA) is 27.6 Å². The monoisotopic (exact) mass is 261 g/mol. The molecule has 1 atom stereocenters. The van der Waals surface area contributed by atoms with Crippen molar-refractivity contribution in [3.8, 4) is 0 Å². The minimum absolute atomic E-state index is 0.256. The molecule has 1 aliphatic rings. The zero-order valence-electron chi connectivity index (χ0n) is 6.92. The number of rotatable bonds is 1. The fourth-order valence-electron chi connectivity index (χ4n) is 1.13. The van der Waals surface area contributed by atoms with Crippen LogP contribution in [0.1, 0.15) is 0 Å². The van der Waals surface area contributed by atoms with E-state index in [1.165, 1.54) is 23.5 Å². The molecule has 0 aliphatic carbocycles. The lowest BCUT2D eigenvalue weighted by atomic mass is 10.3. The third kappa shape index (κ3) is 1.91. The van der Waals surface area contributed by atoms with Crippen LogP contribution in [0.2, 0.25) is 0 Å². The molecule has 0 spiro atoms. The van der Waals surface area contributed by atoms with Gasteiger partial charge in [-0.3, -0.25) is 5.01 Å². The second kappa shape index (κ2) is 3.62. The Kier molecular flexibility index (Phi) is 2.47. The van der Waals surface area contributed by atoms with Crippen LogP contribution in [0.15, 0.2) is 23.2 Å². The molecule has 14 heavy (non-hydrogen) atoms. The molecule has 1 aromatic carbocycles. The maximum absolute atomic E-state index is 12.8. The van der Waals surface area contributed by atoms with E-state index in [-0.39, 0.29) is 5.08 Å². The molecule has 1 unspecified atom stereocenters. The lowest BCUT2D eigenvalue weighted by Crippen LogP contribution is -2.34. The second-order valence-electron chi connectivity index (χ2n) is 2.73. The van der Waals surface area contributed by atoms with E-state index in [1.807, 2.05) is 0 Å². The lowest BCUT2D eigenvalue weighted by Gasteiger charge is -2.15. The summed E-state index contributed by atoms with van der Waals surface area (Å²) in [6, 6.07) is 3.25. The molecule has 1 aliphatic heterocycles. The minimum Gasteiger partial charge on any atom is -0.264 e. The lowest BCUT2D eigenvalue weighted by molar-refractivity contribution is 0.582. The molecule has 2 rings (SSSR count). The predicted molar refractivity (Wildman–Crippen MR) is 53.2 cm³/mol. The summed E-state index contributed by atoms with van der Waals surface area (Å²) in [5.41, 5.74) is 3.19. The van der Waals surface area contributed by atoms with Crippen LogP contribution in [0.5, 0.6) is 0 Å². The number of alkyl halides is 1. The predicted octanol–water partition coefficient (Wildman–Crippen LogP) is 2.00. The molecule has 3 nitrogen and oxygen atoms in total. The maximum Gasteiger partial charge on any atom is 0.174 e. The van der Waals surface area contributed by atoms with E-state index in [2.05, 4.69) is 26.3 Å². The van der Waals surface area contributed by atoms with Gasteiger partial charge in [-0.2, -0.15) is 5.43 Å². The highest BCUT2D eigenvalue weighted by Crippen LogP contribution is 2.18. The quantitative estimate of drug-likeness (QED) is 0.619. The molecule has 0 amide bonds. The van der Waals surface area contributed by atoms with E-state index >= 15 is 0 Å². The normalized spacial score (nSPS) is 20.5. The summed E-state index contributed by atoms with van der Waals surface area (Å²) in [5.74, 6) is -1.23. The van der Waals surface area contributed by atoms with Crippen LogP contribution in [-0.4, -0.2) is 11.4 Å². The molecule has 0 saturated carbocycles. The van der Waals surface area contributed by atoms with Crippen molar-refractivity contribution in [3.63, 3.8) is 0 Å². The molecule has 1 heterocycles. The molecule has 1 aromatic rings. The summed E-state index contributed by atoms with van der Waals surface area (Å²) in [4.78, 5) is 3.91. The SMILES string of the molecule is Fc1cc(F)cc(N2C=NC(Br)N2)c1. The Morgan fingerprint density at radius 2 is 1.93 bits per heavy atom. The van der Waals surface area contributed by atoms with Crippen molar-refractivity contribution in [3.05, 3.63) is 29.8 Å². The average molecular weight is 262 g/mol. The van der Waals surface area contributed by atoms with Crippen LogP contribution in [0, 0.1) is 11.6 Å². The van der Waals surface area contributed by atoms with Crippen molar-refractivity contribution < 1.29 is 8.78 Å². The standard InChI is InChI=1S/C8H6BrF2N3/c9-8-12-4-14(13-8)7-2-5(10)1-6(11)3-7/h1-4,8,13H. The number of halogens is 3. The highest BCUT2D eigenvalue weighted by atomic mass is 79.9. The number of nitrogens with one attached hydrogen (secondary N) is 1. The summed E-state index contributed by atoms with van der Waals surface area (Å²) in [5, 5.41) is 1.18. The molecule has 0 fully saturated rings. The van der Waals surface area contributed by atoms with Gasteiger partial charge in [0.2, 0.25) is 0 Å². The van der Waals surface area contributed by atoms with Crippen LogP contribution < -0.4 is 10.4 Å². The van der Waals surface area contributed by atoms with Gasteiger partial charge in [0, 0.05) is 6.07 Å². The van der Waals surface area contributed by atoms with Crippen LogP contribution >= 0.6 is 15.9 Å². The summed E-state index contributed by atoms with van der Waals surface area (Å²) >= 11 is 3.17. The highest BCUT2D eigenvalue weighted by Gasteiger charge is 2.15. The maximum atomic E-state index is 12.8. The van der Waals surface area contributed by atoms with Gasteiger partial charge in [-0.1, -0.05) is 0 Å². The largest absolute Gasteiger partial charge is 0.264 e. The first-order valence-electron chi connectivity index (χ1n) is 3.84. The van der Waals surface area contributed by atoms with Crippen molar-refractivity contribution in [1.82, 2.24) is 5.43 Å². The number of hydrazine groups is 1. The van der Waals surface area contributed by atoms with E-state index in [0.29, 0.717) is 5.69 Å². The first-order chi connectivity index (χ1) is 6.65. The van der Waals surface area contributed by atoms with Gasteiger partial charge in [-0.25, -0.2) is 13.8 Å². The Morgan fingerprint density at radius 1 is 1.29 bits per heavy atom. The van der Waals surface area contributed by atoms with Crippen LogP contribution in [0.4, 0.5) is 14.5 Å². The molecular weight excluding hydrogens is 256 g/mol. The highest BCUT2D eigenvalue weighted by molar-refractivity contribution is 9.09. The molecule has 0 radical (unpaired) electrons. The van der Waals surface area contributed by atoms with E-state index in [4.69, 9.17) is 0 Å². The van der Waals surface area contributed by atoms with E-state index in [0.717, 1.165) is 6.07 Å². The van der Waals surface area contributed by atoms with Gasteiger partial charge in [-0.05, 0) is 28.1 Å². The number of nitrogens with zero attached hydrogens (tertiary/aromatic N) is 2. The van der Waals surface area contributed by atoms with Gasteiger partial charge in [0.15, 0.2) is 5.08 Å². The fourth-order valence-corrected chi connectivity index (χ4v) is 1.45. The minimum atomic E-state index is -0.617. The zero-order chi connectivity index (χ0) is 10.1. The number of anilines is 1. The Morgan fingerprint density at radius 3 is 2.43 bits per heavy atom. The fraction of sp³-hybridized carbons (Fsp3) is 0.125. The smallest absolute Gasteiger partial charge is 0.174 e. The number of aliphatic imine (C=N–C) groups is 1. The molecule has 74 valence electrons. The van der Waals surface area contributed by atoms with Crippen molar-refractivity contribution in [1.29, 1.82) is 0 Å². The summed E-state index contributed by atoms with van der Waals surface area (Å²) in [6.07, 6.45) is 1.45. The van der Waals surface area contributed by atoms with E-state index < -0.39 is 11.6 Å². The second-order valence-corrected chi connectivity index (χ2v) is 3.59. The van der Waals surface area contributed by atoms with Crippen molar-refractivity contribution in [2.75, 3.05) is 5.01 Å². The Labute approximate surface area is 87.5 Å². The summed E-state index contributed by atoms with van der Waals surface area (Å²) in [6.45, 7) is 0. The molecule has 1 N–H and O–H groups in total. The Bertz CT molecular complexity index is 363. The van der Waals surface area contributed by atoms with Crippen LogP contribution in [0.3, 0.4) is 0 Å². The van der Waals surface area contributed by atoms with Gasteiger partial charge in [-0.15, -0.1) is 0 Å². The molecular formula is C8H6BrF2N3. The molecule has 6 heteroatoms. The van der Waals surface area contributed by atoms with Crippen molar-refractivity contribution in [2.45, 2.75) is 5.08 Å². The summed E-state index contributed by atoms with van der Waals surface area (Å²) < 4.78 is 25.7. The van der Waals surface area contributed by atoms with Crippen LogP contribution in [0.25, 0.3) is 0 Å². The van der Waals surface area contributed by atoms with Gasteiger partial charge in [0.25, 0.3) is 0 Å². The van der Waals surface area contributed by atoms with Gasteiger partial charge in [0.05, 0.1) is 5.69 Å². The van der Waals surface area contributed by atoms with E-state index in [9.17, 15) is 8.78 Å². The van der Waals surface area contributed by atoms with Gasteiger partial charge >= 0.3 is 0 Å². The third-order valence-corrected chi connectivity index (χ3v) is 2.13. The van der Waals surface area contributed by atoms with E-state index in [1.54, 1.807) is 0 Å². The van der Waals surface area contributed by atoms with Gasteiger partial charge < -0.3 is 0 Å². The molecule has 0 aromatic heterocycles. The molecule has 0 bridgehead atoms. The van der Waals surface area contributed by atoms with Crippen molar-refractivity contribution >= 4 is 28.0 Å². The summed E-state index contributed by atoms with van der Waals surface area (Å²) in [7, 11) is 0. The first-order valence-corrected chi connectivity index (χ1v) is 4.75. The molecule has 0 saturated heterocycles. The zero-order valence-corrected chi connectivity index (χ0v) is 8.50. The number of benzene rings is 1. The number of hydrogen-bond acceptors (Lipinski definition) is 3. The third-order valence-electron chi connectivity index (χ3n) is 1.68. The Hall–Kier alpha value is -1.01. The van der Waals surface area contributed by atoms with Gasteiger partial charge in [0.1, 0.15) is 18.0 Å². The van der Waals surface area contributed by atoms with Crippen molar-refractivity contribution in [2.24, 2.45) is 4.99 Å². The average Bonchev–Trinajstić information content (AvgIpc) is 2.50. The first kappa shape index (κ1) is 9.54. The number of hydrogen-bond donors (Lipinski definition) is 1. The van der Waals surface area contributed by atoms with Crippen LogP contribution in [-0.2, 0) is 0 Å². The Balaban J connectivity index is 2.28.